The van der Waals surface area contributed by atoms with E-state index < -0.39 is 30.8 Å². The zero-order chi connectivity index (χ0) is 16.4. The maximum atomic E-state index is 13.1. The molecule has 3 rings (SSSR count). The van der Waals surface area contributed by atoms with Crippen molar-refractivity contribution in [3.63, 3.8) is 0 Å². The maximum absolute atomic E-state index is 13.1. The summed E-state index contributed by atoms with van der Waals surface area (Å²) in [4.78, 5) is 11.9. The van der Waals surface area contributed by atoms with Gasteiger partial charge in [-0.05, 0) is 17.7 Å². The number of hydrogen-bond acceptors (Lipinski definition) is 4. The van der Waals surface area contributed by atoms with Crippen molar-refractivity contribution in [1.29, 1.82) is 0 Å². The zero-order valence-corrected chi connectivity index (χ0v) is 13.1. The van der Waals surface area contributed by atoms with Crippen LogP contribution in [-0.2, 0) is 11.3 Å². The SMILES string of the molecule is O=C(NCc1cc(Cl)c2c(c1)OCCCO2)C1CC(F)(F)CN1. The highest BCUT2D eigenvalue weighted by Crippen LogP contribution is 2.38. The van der Waals surface area contributed by atoms with Crippen LogP contribution >= 0.6 is 11.6 Å². The predicted octanol–water partition coefficient (Wildman–Crippen LogP) is 2.11. The molecule has 1 aromatic carbocycles. The first kappa shape index (κ1) is 16.3. The Balaban J connectivity index is 1.63. The summed E-state index contributed by atoms with van der Waals surface area (Å²) in [5, 5.41) is 5.56. The van der Waals surface area contributed by atoms with Crippen LogP contribution in [0.3, 0.4) is 0 Å². The smallest absolute Gasteiger partial charge is 0.262 e. The fraction of sp³-hybridized carbons (Fsp3) is 0.533. The third-order valence-electron chi connectivity index (χ3n) is 3.76. The molecule has 2 N–H and O–H groups in total. The quantitative estimate of drug-likeness (QED) is 0.880. The maximum Gasteiger partial charge on any atom is 0.262 e. The summed E-state index contributed by atoms with van der Waals surface area (Å²) in [7, 11) is 0. The number of benzene rings is 1. The molecule has 0 aromatic heterocycles. The summed E-state index contributed by atoms with van der Waals surface area (Å²) in [6.07, 6.45) is 0.277. The van der Waals surface area contributed by atoms with Crippen molar-refractivity contribution in [2.75, 3.05) is 19.8 Å². The number of carbonyl (C=O) groups excluding carboxylic acids is 1. The van der Waals surface area contributed by atoms with Crippen LogP contribution < -0.4 is 20.1 Å². The summed E-state index contributed by atoms with van der Waals surface area (Å²) < 4.78 is 37.3. The van der Waals surface area contributed by atoms with Crippen molar-refractivity contribution in [3.05, 3.63) is 22.7 Å². The molecule has 0 bridgehead atoms. The average molecular weight is 347 g/mol. The fourth-order valence-corrected chi connectivity index (χ4v) is 2.89. The molecule has 1 aromatic rings. The van der Waals surface area contributed by atoms with E-state index in [-0.39, 0.29) is 6.54 Å². The van der Waals surface area contributed by atoms with Crippen LogP contribution in [-0.4, -0.2) is 37.6 Å². The molecule has 2 aliphatic heterocycles. The molecule has 2 aliphatic rings. The van der Waals surface area contributed by atoms with Gasteiger partial charge in [-0.25, -0.2) is 8.78 Å². The van der Waals surface area contributed by atoms with Crippen LogP contribution in [0.15, 0.2) is 12.1 Å². The summed E-state index contributed by atoms with van der Waals surface area (Å²) in [5.41, 5.74) is 0.720. The highest BCUT2D eigenvalue weighted by Gasteiger charge is 2.42. The lowest BCUT2D eigenvalue weighted by atomic mass is 10.1. The number of rotatable bonds is 3. The third-order valence-corrected chi connectivity index (χ3v) is 4.04. The monoisotopic (exact) mass is 346 g/mol. The standard InChI is InChI=1S/C15H17ClF2N2O3/c16-10-4-9(5-12-13(10)23-3-1-2-22-12)7-19-14(21)11-6-15(17,18)8-20-11/h4-5,11,20H,1-3,6-8H2,(H,19,21). The minimum atomic E-state index is -2.83. The number of alkyl halides is 2. The Bertz CT molecular complexity index is 613. The van der Waals surface area contributed by atoms with Gasteiger partial charge in [0.1, 0.15) is 0 Å². The molecule has 1 atom stereocenters. The van der Waals surface area contributed by atoms with Gasteiger partial charge in [-0.3, -0.25) is 10.1 Å². The van der Waals surface area contributed by atoms with Gasteiger partial charge in [0.15, 0.2) is 11.5 Å². The van der Waals surface area contributed by atoms with Gasteiger partial charge in [-0.1, -0.05) is 11.6 Å². The van der Waals surface area contributed by atoms with Gasteiger partial charge in [0.05, 0.1) is 30.8 Å². The lowest BCUT2D eigenvalue weighted by molar-refractivity contribution is -0.123. The average Bonchev–Trinajstić information content (AvgIpc) is 2.72. The number of carbonyl (C=O) groups is 1. The van der Waals surface area contributed by atoms with Gasteiger partial charge < -0.3 is 14.8 Å². The van der Waals surface area contributed by atoms with E-state index in [1.54, 1.807) is 12.1 Å². The van der Waals surface area contributed by atoms with Gasteiger partial charge >= 0.3 is 0 Å². The molecule has 5 nitrogen and oxygen atoms in total. The normalized spacial score (nSPS) is 22.5. The minimum Gasteiger partial charge on any atom is -0.489 e. The van der Waals surface area contributed by atoms with Crippen LogP contribution in [0.25, 0.3) is 0 Å². The summed E-state index contributed by atoms with van der Waals surface area (Å²) in [6.45, 7) is 0.768. The van der Waals surface area contributed by atoms with Gasteiger partial charge in [0.25, 0.3) is 5.92 Å². The first-order valence-electron chi connectivity index (χ1n) is 7.41. The Morgan fingerprint density at radius 2 is 2.17 bits per heavy atom. The van der Waals surface area contributed by atoms with Crippen LogP contribution in [0.5, 0.6) is 11.5 Å². The molecule has 1 amide bonds. The van der Waals surface area contributed by atoms with E-state index in [1.165, 1.54) is 0 Å². The van der Waals surface area contributed by atoms with Gasteiger partial charge in [0.2, 0.25) is 5.91 Å². The van der Waals surface area contributed by atoms with E-state index in [1.807, 2.05) is 0 Å². The van der Waals surface area contributed by atoms with Crippen molar-refractivity contribution >= 4 is 17.5 Å². The molecule has 1 fully saturated rings. The van der Waals surface area contributed by atoms with Crippen LogP contribution in [0.2, 0.25) is 5.02 Å². The van der Waals surface area contributed by atoms with E-state index in [0.29, 0.717) is 29.7 Å². The number of amides is 1. The highest BCUT2D eigenvalue weighted by atomic mass is 35.5. The Kier molecular flexibility index (Phi) is 4.59. The van der Waals surface area contributed by atoms with Crippen molar-refractivity contribution in [2.24, 2.45) is 0 Å². The summed E-state index contributed by atoms with van der Waals surface area (Å²) in [6, 6.07) is 2.54. The molecule has 2 heterocycles. The molecule has 126 valence electrons. The summed E-state index contributed by atoms with van der Waals surface area (Å²) >= 11 is 6.17. The Hall–Kier alpha value is -1.60. The van der Waals surface area contributed by atoms with E-state index in [0.717, 1.165) is 12.0 Å². The Morgan fingerprint density at radius 3 is 2.91 bits per heavy atom. The number of ether oxygens (including phenoxy) is 2. The highest BCUT2D eigenvalue weighted by molar-refractivity contribution is 6.32. The molecule has 1 unspecified atom stereocenters. The van der Waals surface area contributed by atoms with Gasteiger partial charge in [-0.2, -0.15) is 0 Å². The molecule has 1 saturated heterocycles. The van der Waals surface area contributed by atoms with E-state index in [4.69, 9.17) is 21.1 Å². The molecular formula is C15H17ClF2N2O3. The van der Waals surface area contributed by atoms with Crippen molar-refractivity contribution < 1.29 is 23.0 Å². The van der Waals surface area contributed by atoms with Gasteiger partial charge in [-0.15, -0.1) is 0 Å². The minimum absolute atomic E-state index is 0.180. The van der Waals surface area contributed by atoms with E-state index in [2.05, 4.69) is 10.6 Å². The molecule has 0 aliphatic carbocycles. The Labute approximate surface area is 137 Å². The lowest BCUT2D eigenvalue weighted by Gasteiger charge is -2.14. The molecule has 23 heavy (non-hydrogen) atoms. The molecule has 0 saturated carbocycles. The van der Waals surface area contributed by atoms with Crippen molar-refractivity contribution in [2.45, 2.75) is 31.4 Å². The first-order chi connectivity index (χ1) is 10.9. The molecular weight excluding hydrogens is 330 g/mol. The second-order valence-electron chi connectivity index (χ2n) is 5.67. The van der Waals surface area contributed by atoms with Crippen molar-refractivity contribution in [1.82, 2.24) is 10.6 Å². The Morgan fingerprint density at radius 1 is 1.39 bits per heavy atom. The van der Waals surface area contributed by atoms with Crippen LogP contribution in [0.1, 0.15) is 18.4 Å². The van der Waals surface area contributed by atoms with Crippen LogP contribution in [0.4, 0.5) is 8.78 Å². The summed E-state index contributed by atoms with van der Waals surface area (Å²) in [5.74, 6) is -2.26. The van der Waals surface area contributed by atoms with E-state index >= 15 is 0 Å². The second-order valence-corrected chi connectivity index (χ2v) is 6.07. The third kappa shape index (κ3) is 3.84. The zero-order valence-electron chi connectivity index (χ0n) is 12.3. The first-order valence-corrected chi connectivity index (χ1v) is 7.79. The second kappa shape index (κ2) is 6.49. The van der Waals surface area contributed by atoms with E-state index in [9.17, 15) is 13.6 Å². The van der Waals surface area contributed by atoms with Gasteiger partial charge in [0, 0.05) is 19.4 Å². The van der Waals surface area contributed by atoms with Crippen LogP contribution in [0, 0.1) is 0 Å². The molecule has 0 spiro atoms. The topological polar surface area (TPSA) is 59.6 Å². The number of nitrogens with one attached hydrogen (secondary N) is 2. The fourth-order valence-electron chi connectivity index (χ4n) is 2.60. The predicted molar refractivity (Wildman–Crippen MR) is 80.3 cm³/mol. The van der Waals surface area contributed by atoms with Crippen molar-refractivity contribution in [3.8, 4) is 11.5 Å². The lowest BCUT2D eigenvalue weighted by Crippen LogP contribution is -2.40. The molecule has 0 radical (unpaired) electrons. The number of halogens is 3. The molecule has 8 heteroatoms. The number of hydrogen-bond donors (Lipinski definition) is 2. The largest absolute Gasteiger partial charge is 0.489 e. The number of fused-ring (bicyclic) bond motifs is 1.